The number of hydrogen-bond donors (Lipinski definition) is 2. The zero-order valence-corrected chi connectivity index (χ0v) is 18.0. The largest absolute Gasteiger partial charge is 0.350 e. The third-order valence-corrected chi connectivity index (χ3v) is 6.79. The third kappa shape index (κ3) is 3.68. The minimum atomic E-state index is -0.617. The lowest BCUT2D eigenvalue weighted by Crippen LogP contribution is -2.69. The van der Waals surface area contributed by atoms with Gasteiger partial charge in [0, 0.05) is 32.4 Å². The van der Waals surface area contributed by atoms with Gasteiger partial charge in [-0.15, -0.1) is 0 Å². The predicted molar refractivity (Wildman–Crippen MR) is 112 cm³/mol. The van der Waals surface area contributed by atoms with Gasteiger partial charge in [0.15, 0.2) is 0 Å². The average molecular weight is 434 g/mol. The summed E-state index contributed by atoms with van der Waals surface area (Å²) < 4.78 is 1.75. The highest BCUT2D eigenvalue weighted by Gasteiger charge is 2.53. The quantitative estimate of drug-likeness (QED) is 0.656. The van der Waals surface area contributed by atoms with Crippen LogP contribution in [0.15, 0.2) is 18.3 Å². The Labute approximate surface area is 179 Å². The Bertz CT molecular complexity index is 871. The summed E-state index contributed by atoms with van der Waals surface area (Å²) in [5, 5.41) is 5.93. The number of piperazine rings is 1. The zero-order valence-electron chi connectivity index (χ0n) is 17.2. The van der Waals surface area contributed by atoms with Crippen molar-refractivity contribution in [2.45, 2.75) is 43.4 Å². The van der Waals surface area contributed by atoms with Gasteiger partial charge in [-0.05, 0) is 37.7 Å². The highest BCUT2D eigenvalue weighted by molar-refractivity contribution is 7.99. The van der Waals surface area contributed by atoms with Crippen molar-refractivity contribution >= 4 is 35.4 Å². The van der Waals surface area contributed by atoms with Crippen LogP contribution in [0, 0.1) is 0 Å². The smallest absolute Gasteiger partial charge is 0.268 e. The molecule has 0 aliphatic carbocycles. The van der Waals surface area contributed by atoms with Crippen LogP contribution in [0.5, 0.6) is 0 Å². The predicted octanol–water partition coefficient (Wildman–Crippen LogP) is -0.423. The lowest BCUT2D eigenvalue weighted by atomic mass is 9.91. The fraction of sp³-hybridized carbons (Fsp3) is 0.600. The summed E-state index contributed by atoms with van der Waals surface area (Å²) in [5.41, 5.74) is 0.562. The van der Waals surface area contributed by atoms with Crippen molar-refractivity contribution in [1.29, 1.82) is 0 Å². The number of hydrogen-bond acceptors (Lipinski definition) is 5. The maximum absolute atomic E-state index is 13.2. The fourth-order valence-electron chi connectivity index (χ4n) is 4.79. The van der Waals surface area contributed by atoms with E-state index in [4.69, 9.17) is 0 Å². The van der Waals surface area contributed by atoms with Gasteiger partial charge in [0.25, 0.3) is 5.91 Å². The van der Waals surface area contributed by atoms with Crippen LogP contribution in [0.4, 0.5) is 0 Å². The summed E-state index contributed by atoms with van der Waals surface area (Å²) in [5.74, 6) is -0.136. The molecule has 0 unspecified atom stereocenters. The topological polar surface area (TPSA) is 104 Å². The number of aryl methyl sites for hydroxylation is 1. The van der Waals surface area contributed by atoms with Crippen molar-refractivity contribution in [1.82, 2.24) is 25.0 Å². The molecule has 4 heterocycles. The minimum Gasteiger partial charge on any atom is -0.350 e. The molecule has 1 aromatic heterocycles. The van der Waals surface area contributed by atoms with E-state index in [1.165, 1.54) is 11.8 Å². The number of carbonyl (C=O) groups excluding carboxylic acids is 4. The molecule has 3 aliphatic heterocycles. The summed E-state index contributed by atoms with van der Waals surface area (Å²) in [4.78, 5) is 54.1. The van der Waals surface area contributed by atoms with Gasteiger partial charge in [0.05, 0.1) is 11.8 Å². The van der Waals surface area contributed by atoms with Crippen LogP contribution in [-0.2, 0) is 21.4 Å². The van der Waals surface area contributed by atoms with Crippen molar-refractivity contribution in [2.24, 2.45) is 7.05 Å². The van der Waals surface area contributed by atoms with Gasteiger partial charge >= 0.3 is 0 Å². The van der Waals surface area contributed by atoms with Gasteiger partial charge in [-0.25, -0.2) is 0 Å². The molecule has 0 saturated carbocycles. The third-order valence-electron chi connectivity index (χ3n) is 6.24. The van der Waals surface area contributed by atoms with Gasteiger partial charge in [0.2, 0.25) is 17.7 Å². The van der Waals surface area contributed by atoms with Crippen LogP contribution >= 0.6 is 11.8 Å². The summed E-state index contributed by atoms with van der Waals surface area (Å²) >= 11 is 1.42. The minimum absolute atomic E-state index is 0.0842. The highest BCUT2D eigenvalue weighted by atomic mass is 32.2. The molecule has 3 saturated heterocycles. The molecule has 10 heteroatoms. The number of rotatable bonds is 5. The van der Waals surface area contributed by atoms with Gasteiger partial charge in [-0.2, -0.15) is 11.8 Å². The monoisotopic (exact) mass is 433 g/mol. The lowest BCUT2D eigenvalue weighted by molar-refractivity contribution is -0.162. The molecule has 30 heavy (non-hydrogen) atoms. The van der Waals surface area contributed by atoms with Crippen molar-refractivity contribution in [2.75, 3.05) is 25.1 Å². The molecule has 9 nitrogen and oxygen atoms in total. The van der Waals surface area contributed by atoms with Crippen LogP contribution in [0.3, 0.4) is 0 Å². The number of nitrogens with one attached hydrogen (secondary N) is 2. The van der Waals surface area contributed by atoms with Crippen molar-refractivity contribution in [3.8, 4) is 0 Å². The number of aromatic nitrogens is 1. The Morgan fingerprint density at radius 1 is 1.13 bits per heavy atom. The first-order chi connectivity index (χ1) is 14.4. The molecule has 1 aromatic rings. The Hall–Kier alpha value is -2.49. The number of nitrogens with zero attached hydrogens (tertiary/aromatic N) is 3. The van der Waals surface area contributed by atoms with Gasteiger partial charge in [0.1, 0.15) is 17.8 Å². The SMILES string of the molecule is CSCC(=O)N[C@H]1CCN2C(=O)[C@@H]3C[C@@H](NC(=O)c4cccn4C)CCN3C(=O)[C@H]12. The number of carbonyl (C=O) groups is 4. The standard InChI is InChI=1S/C20H27N5O4S/c1-23-7-3-4-14(23)18(27)21-12-5-8-24-15(10-12)19(28)25-9-6-13(17(25)20(24)29)22-16(26)11-30-2/h3-4,7,12-13,15,17H,5-6,8-11H2,1-2H3,(H,21,27)(H,22,26)/t12-,13-,15-,17-/m0/s1. The lowest BCUT2D eigenvalue weighted by Gasteiger charge is -2.47. The van der Waals surface area contributed by atoms with Crippen LogP contribution in [0.2, 0.25) is 0 Å². The van der Waals surface area contributed by atoms with E-state index in [0.717, 1.165) is 0 Å². The van der Waals surface area contributed by atoms with E-state index >= 15 is 0 Å². The maximum atomic E-state index is 13.2. The molecular formula is C20H27N5O4S. The van der Waals surface area contributed by atoms with Crippen LogP contribution in [0.25, 0.3) is 0 Å². The Balaban J connectivity index is 1.43. The Kier molecular flexibility index (Phi) is 5.77. The first-order valence-corrected chi connectivity index (χ1v) is 11.6. The van der Waals surface area contributed by atoms with Crippen molar-refractivity contribution in [3.63, 3.8) is 0 Å². The van der Waals surface area contributed by atoms with Gasteiger partial charge in [-0.3, -0.25) is 19.2 Å². The molecule has 0 bridgehead atoms. The first-order valence-electron chi connectivity index (χ1n) is 10.2. The summed E-state index contributed by atoms with van der Waals surface area (Å²) in [6.45, 7) is 0.882. The molecule has 0 radical (unpaired) electrons. The second-order valence-electron chi connectivity index (χ2n) is 8.12. The molecule has 4 amide bonds. The number of piperidine rings is 1. The van der Waals surface area contributed by atoms with Crippen LogP contribution in [0.1, 0.15) is 29.8 Å². The normalized spacial score (nSPS) is 28.2. The van der Waals surface area contributed by atoms with Crippen LogP contribution < -0.4 is 10.6 Å². The molecule has 0 aromatic carbocycles. The molecule has 3 fully saturated rings. The van der Waals surface area contributed by atoms with E-state index in [1.807, 2.05) is 25.6 Å². The molecular weight excluding hydrogens is 406 g/mol. The molecule has 162 valence electrons. The van der Waals surface area contributed by atoms with E-state index in [0.29, 0.717) is 43.8 Å². The highest BCUT2D eigenvalue weighted by Crippen LogP contribution is 2.32. The van der Waals surface area contributed by atoms with E-state index in [2.05, 4.69) is 10.6 Å². The first kappa shape index (κ1) is 20.8. The van der Waals surface area contributed by atoms with E-state index in [9.17, 15) is 19.2 Å². The maximum Gasteiger partial charge on any atom is 0.268 e. The number of amides is 4. The van der Waals surface area contributed by atoms with Gasteiger partial charge in [-0.1, -0.05) is 0 Å². The molecule has 4 rings (SSSR count). The second-order valence-corrected chi connectivity index (χ2v) is 8.98. The summed E-state index contributed by atoms with van der Waals surface area (Å²) in [6, 6.07) is 1.89. The van der Waals surface area contributed by atoms with Crippen molar-refractivity contribution < 1.29 is 19.2 Å². The molecule has 4 atom stereocenters. The fourth-order valence-corrected chi connectivity index (χ4v) is 5.13. The number of fused-ring (bicyclic) bond motifs is 2. The van der Waals surface area contributed by atoms with Crippen molar-refractivity contribution in [3.05, 3.63) is 24.0 Å². The van der Waals surface area contributed by atoms with Crippen LogP contribution in [-0.4, -0.2) is 87.3 Å². The second kappa shape index (κ2) is 8.33. The van der Waals surface area contributed by atoms with Gasteiger partial charge < -0.3 is 25.0 Å². The molecule has 2 N–H and O–H groups in total. The Morgan fingerprint density at radius 3 is 2.60 bits per heavy atom. The average Bonchev–Trinajstić information content (AvgIpc) is 3.33. The van der Waals surface area contributed by atoms with E-state index in [1.54, 1.807) is 20.4 Å². The van der Waals surface area contributed by atoms with E-state index in [-0.39, 0.29) is 35.7 Å². The molecule has 3 aliphatic rings. The summed E-state index contributed by atoms with van der Waals surface area (Å²) in [6.07, 6.45) is 5.25. The summed E-state index contributed by atoms with van der Waals surface area (Å²) in [7, 11) is 1.81. The van der Waals surface area contributed by atoms with E-state index < -0.39 is 12.1 Å². The Morgan fingerprint density at radius 2 is 1.90 bits per heavy atom. The zero-order chi connectivity index (χ0) is 21.4. The number of thioether (sulfide) groups is 1. The molecule has 0 spiro atoms.